The Balaban J connectivity index is 1.75. The van der Waals surface area contributed by atoms with E-state index < -0.39 is 5.54 Å². The molecule has 1 aliphatic carbocycles. The lowest BCUT2D eigenvalue weighted by Gasteiger charge is -2.37. The van der Waals surface area contributed by atoms with Crippen LogP contribution in [0.3, 0.4) is 0 Å². The molecule has 1 saturated heterocycles. The van der Waals surface area contributed by atoms with E-state index in [1.54, 1.807) is 6.20 Å². The number of carbonyl (C=O) groups excluding carboxylic acids is 1. The summed E-state index contributed by atoms with van der Waals surface area (Å²) in [5.41, 5.74) is 5.68. The molecule has 3 N–H and O–H groups in total. The quantitative estimate of drug-likeness (QED) is 0.765. The summed E-state index contributed by atoms with van der Waals surface area (Å²) in [7, 11) is 0. The fourth-order valence-electron chi connectivity index (χ4n) is 2.01. The highest BCUT2D eigenvalue weighted by Crippen LogP contribution is 2.44. The van der Waals surface area contributed by atoms with Crippen LogP contribution < -0.4 is 11.1 Å². The van der Waals surface area contributed by atoms with Gasteiger partial charge in [0, 0.05) is 6.20 Å². The van der Waals surface area contributed by atoms with Crippen molar-refractivity contribution < 1.29 is 9.53 Å². The Morgan fingerprint density at radius 1 is 1.41 bits per heavy atom. The van der Waals surface area contributed by atoms with Gasteiger partial charge in [0.2, 0.25) is 5.91 Å². The molecular weight excluding hydrogens is 218 g/mol. The van der Waals surface area contributed by atoms with Crippen LogP contribution in [-0.4, -0.2) is 29.6 Å². The third kappa shape index (κ3) is 1.71. The summed E-state index contributed by atoms with van der Waals surface area (Å²) in [6, 6.07) is 5.73. The van der Waals surface area contributed by atoms with E-state index in [2.05, 4.69) is 10.3 Å². The van der Waals surface area contributed by atoms with E-state index in [1.807, 2.05) is 18.2 Å². The SMILES string of the molecule is NC1(C(=O)NC2(c3ccccn3)CC2)COC1. The number of nitrogens with zero attached hydrogens (tertiary/aromatic N) is 1. The van der Waals surface area contributed by atoms with Crippen LogP contribution in [0.5, 0.6) is 0 Å². The number of aromatic nitrogens is 1. The molecule has 5 nitrogen and oxygen atoms in total. The number of ether oxygens (including phenoxy) is 1. The molecule has 2 heterocycles. The van der Waals surface area contributed by atoms with Gasteiger partial charge in [-0.15, -0.1) is 0 Å². The largest absolute Gasteiger partial charge is 0.376 e. The zero-order valence-corrected chi connectivity index (χ0v) is 9.48. The minimum Gasteiger partial charge on any atom is -0.376 e. The highest BCUT2D eigenvalue weighted by molar-refractivity contribution is 5.88. The molecule has 2 aliphatic rings. The Kier molecular flexibility index (Phi) is 2.21. The van der Waals surface area contributed by atoms with Crippen molar-refractivity contribution in [1.29, 1.82) is 0 Å². The van der Waals surface area contributed by atoms with Crippen molar-refractivity contribution in [3.8, 4) is 0 Å². The zero-order valence-electron chi connectivity index (χ0n) is 9.48. The summed E-state index contributed by atoms with van der Waals surface area (Å²) in [6.07, 6.45) is 3.59. The van der Waals surface area contributed by atoms with E-state index >= 15 is 0 Å². The lowest BCUT2D eigenvalue weighted by molar-refractivity contribution is -0.144. The summed E-state index contributed by atoms with van der Waals surface area (Å²) < 4.78 is 5.00. The average Bonchev–Trinajstić information content (AvgIpc) is 3.08. The molecule has 1 saturated carbocycles. The summed E-state index contributed by atoms with van der Waals surface area (Å²) in [5.74, 6) is -0.132. The highest BCUT2D eigenvalue weighted by Gasteiger charge is 2.51. The van der Waals surface area contributed by atoms with Crippen molar-refractivity contribution in [2.45, 2.75) is 23.9 Å². The Morgan fingerprint density at radius 2 is 2.18 bits per heavy atom. The van der Waals surface area contributed by atoms with E-state index in [-0.39, 0.29) is 11.4 Å². The van der Waals surface area contributed by atoms with Gasteiger partial charge in [0.1, 0.15) is 5.54 Å². The molecule has 2 fully saturated rings. The lowest BCUT2D eigenvalue weighted by atomic mass is 9.97. The van der Waals surface area contributed by atoms with Crippen molar-refractivity contribution in [3.05, 3.63) is 30.1 Å². The van der Waals surface area contributed by atoms with Gasteiger partial charge in [-0.3, -0.25) is 9.78 Å². The van der Waals surface area contributed by atoms with Crippen LogP contribution in [0, 0.1) is 0 Å². The second-order valence-corrected chi connectivity index (χ2v) is 4.90. The van der Waals surface area contributed by atoms with E-state index in [1.165, 1.54) is 0 Å². The van der Waals surface area contributed by atoms with Crippen molar-refractivity contribution >= 4 is 5.91 Å². The van der Waals surface area contributed by atoms with Gasteiger partial charge < -0.3 is 15.8 Å². The van der Waals surface area contributed by atoms with E-state index in [9.17, 15) is 4.79 Å². The van der Waals surface area contributed by atoms with Gasteiger partial charge in [0.15, 0.2) is 0 Å². The molecule has 1 aliphatic heterocycles. The normalized spacial score (nSPS) is 23.6. The second kappa shape index (κ2) is 3.51. The smallest absolute Gasteiger partial charge is 0.245 e. The van der Waals surface area contributed by atoms with Crippen LogP contribution in [0.15, 0.2) is 24.4 Å². The molecule has 0 unspecified atom stereocenters. The van der Waals surface area contributed by atoms with Crippen LogP contribution in [0.4, 0.5) is 0 Å². The fraction of sp³-hybridized carbons (Fsp3) is 0.500. The molecule has 0 bridgehead atoms. The number of hydrogen-bond acceptors (Lipinski definition) is 4. The van der Waals surface area contributed by atoms with Crippen molar-refractivity contribution in [1.82, 2.24) is 10.3 Å². The Labute approximate surface area is 99.4 Å². The van der Waals surface area contributed by atoms with E-state index in [4.69, 9.17) is 10.5 Å². The monoisotopic (exact) mass is 233 g/mol. The van der Waals surface area contributed by atoms with Gasteiger partial charge in [0.05, 0.1) is 24.4 Å². The summed E-state index contributed by atoms with van der Waals surface area (Å²) in [6.45, 7) is 0.605. The van der Waals surface area contributed by atoms with Gasteiger partial charge in [-0.25, -0.2) is 0 Å². The predicted octanol–water partition coefficient (Wildman–Crippen LogP) is -0.0854. The maximum Gasteiger partial charge on any atom is 0.245 e. The molecular formula is C12H15N3O2. The first-order chi connectivity index (χ1) is 8.15. The molecule has 1 amide bonds. The second-order valence-electron chi connectivity index (χ2n) is 4.90. The van der Waals surface area contributed by atoms with E-state index in [0.29, 0.717) is 13.2 Å². The molecule has 90 valence electrons. The lowest BCUT2D eigenvalue weighted by Crippen LogP contribution is -2.67. The van der Waals surface area contributed by atoms with Crippen LogP contribution in [-0.2, 0) is 15.1 Å². The molecule has 5 heteroatoms. The Bertz CT molecular complexity index is 438. The highest BCUT2D eigenvalue weighted by atomic mass is 16.5. The number of pyridine rings is 1. The van der Waals surface area contributed by atoms with Crippen LogP contribution in [0.2, 0.25) is 0 Å². The third-order valence-electron chi connectivity index (χ3n) is 3.43. The molecule has 0 aromatic carbocycles. The molecule has 3 rings (SSSR count). The first-order valence-electron chi connectivity index (χ1n) is 5.75. The maximum absolute atomic E-state index is 12.0. The molecule has 1 aromatic heterocycles. The van der Waals surface area contributed by atoms with Crippen LogP contribution >= 0.6 is 0 Å². The number of rotatable bonds is 3. The number of amides is 1. The molecule has 1 aromatic rings. The van der Waals surface area contributed by atoms with Gasteiger partial charge in [-0.05, 0) is 25.0 Å². The van der Waals surface area contributed by atoms with Crippen molar-refractivity contribution in [3.63, 3.8) is 0 Å². The minimum absolute atomic E-state index is 0.132. The maximum atomic E-state index is 12.0. The number of nitrogens with two attached hydrogens (primary N) is 1. The minimum atomic E-state index is -0.843. The Morgan fingerprint density at radius 3 is 2.65 bits per heavy atom. The molecule has 0 radical (unpaired) electrons. The van der Waals surface area contributed by atoms with Gasteiger partial charge in [0.25, 0.3) is 0 Å². The zero-order chi connectivity index (χ0) is 11.9. The third-order valence-corrected chi connectivity index (χ3v) is 3.43. The topological polar surface area (TPSA) is 77.2 Å². The molecule has 0 spiro atoms. The summed E-state index contributed by atoms with van der Waals surface area (Å²) in [5, 5.41) is 3.02. The first-order valence-corrected chi connectivity index (χ1v) is 5.75. The predicted molar refractivity (Wildman–Crippen MR) is 61.0 cm³/mol. The number of carbonyl (C=O) groups is 1. The van der Waals surface area contributed by atoms with Crippen LogP contribution in [0.1, 0.15) is 18.5 Å². The number of nitrogens with one attached hydrogen (secondary N) is 1. The van der Waals surface area contributed by atoms with Gasteiger partial charge in [-0.2, -0.15) is 0 Å². The first kappa shape index (κ1) is 10.7. The van der Waals surface area contributed by atoms with Crippen LogP contribution in [0.25, 0.3) is 0 Å². The summed E-state index contributed by atoms with van der Waals surface area (Å²) in [4.78, 5) is 16.3. The molecule has 0 atom stereocenters. The molecule has 17 heavy (non-hydrogen) atoms. The van der Waals surface area contributed by atoms with Gasteiger partial charge in [-0.1, -0.05) is 6.07 Å². The number of hydrogen-bond donors (Lipinski definition) is 2. The van der Waals surface area contributed by atoms with Gasteiger partial charge >= 0.3 is 0 Å². The standard InChI is InChI=1S/C12H15N3O2/c13-11(7-17-8-11)10(16)15-12(4-5-12)9-3-1-2-6-14-9/h1-3,6H,4-5,7-8,13H2,(H,15,16). The Hall–Kier alpha value is -1.46. The fourth-order valence-corrected chi connectivity index (χ4v) is 2.01. The van der Waals surface area contributed by atoms with E-state index in [0.717, 1.165) is 18.5 Å². The van der Waals surface area contributed by atoms with Crippen molar-refractivity contribution in [2.75, 3.05) is 13.2 Å². The van der Waals surface area contributed by atoms with Crippen molar-refractivity contribution in [2.24, 2.45) is 5.73 Å². The average molecular weight is 233 g/mol. The summed E-state index contributed by atoms with van der Waals surface area (Å²) >= 11 is 0.